The first-order valence-corrected chi connectivity index (χ1v) is 6.22. The van der Waals surface area contributed by atoms with E-state index in [2.05, 4.69) is 14.9 Å². The van der Waals surface area contributed by atoms with Crippen LogP contribution >= 0.6 is 0 Å². The zero-order valence-corrected chi connectivity index (χ0v) is 10.9. The third kappa shape index (κ3) is 4.15. The Labute approximate surface area is 113 Å². The maximum Gasteiger partial charge on any atom is 0.411 e. The van der Waals surface area contributed by atoms with Crippen LogP contribution in [0.15, 0.2) is 4.52 Å². The molecule has 2 heterocycles. The Morgan fingerprint density at radius 2 is 2.25 bits per heavy atom. The highest BCUT2D eigenvalue weighted by Gasteiger charge is 2.35. The van der Waals surface area contributed by atoms with Gasteiger partial charge in [-0.25, -0.2) is 0 Å². The molecule has 0 spiro atoms. The van der Waals surface area contributed by atoms with Crippen LogP contribution < -0.4 is 0 Å². The van der Waals surface area contributed by atoms with E-state index in [1.807, 2.05) is 0 Å². The Hall–Kier alpha value is -1.19. The molecule has 0 bridgehead atoms. The van der Waals surface area contributed by atoms with Gasteiger partial charge < -0.3 is 14.4 Å². The van der Waals surface area contributed by atoms with Gasteiger partial charge >= 0.3 is 6.18 Å². The van der Waals surface area contributed by atoms with Crippen LogP contribution in [0.25, 0.3) is 0 Å². The first-order chi connectivity index (χ1) is 9.35. The van der Waals surface area contributed by atoms with E-state index < -0.39 is 18.9 Å². The first-order valence-electron chi connectivity index (χ1n) is 6.22. The van der Waals surface area contributed by atoms with Gasteiger partial charge in [0.15, 0.2) is 5.82 Å². The van der Waals surface area contributed by atoms with Gasteiger partial charge in [-0.2, -0.15) is 18.2 Å². The van der Waals surface area contributed by atoms with Gasteiger partial charge in [-0.1, -0.05) is 5.16 Å². The van der Waals surface area contributed by atoms with Crippen molar-refractivity contribution in [3.8, 4) is 0 Å². The molecule has 0 amide bonds. The number of halogens is 3. The van der Waals surface area contributed by atoms with Crippen LogP contribution in [-0.4, -0.2) is 58.7 Å². The molecule has 2 rings (SSSR count). The normalized spacial score (nSPS) is 24.4. The monoisotopic (exact) mass is 295 g/mol. The fourth-order valence-corrected chi connectivity index (χ4v) is 2.20. The summed E-state index contributed by atoms with van der Waals surface area (Å²) in [7, 11) is 0. The number of hydrogen-bond donors (Lipinski definition) is 1. The van der Waals surface area contributed by atoms with Gasteiger partial charge in [-0.3, -0.25) is 4.90 Å². The molecule has 1 aromatic heterocycles. The lowest BCUT2D eigenvalue weighted by atomic mass is 10.2. The van der Waals surface area contributed by atoms with Crippen LogP contribution in [0.4, 0.5) is 13.2 Å². The quantitative estimate of drug-likeness (QED) is 0.819. The molecule has 9 heteroatoms. The molecular formula is C11H16F3N3O3. The molecular weight excluding hydrogens is 279 g/mol. The highest BCUT2D eigenvalue weighted by Crippen LogP contribution is 2.30. The number of rotatable bonds is 5. The smallest absolute Gasteiger partial charge is 0.392 e. The number of aryl methyl sites for hydroxylation is 1. The predicted octanol–water partition coefficient (Wildman–Crippen LogP) is 1.06. The number of nitrogens with zero attached hydrogens (tertiary/aromatic N) is 3. The zero-order chi connectivity index (χ0) is 14.8. The highest BCUT2D eigenvalue weighted by atomic mass is 19.4. The van der Waals surface area contributed by atoms with E-state index in [0.29, 0.717) is 24.7 Å². The van der Waals surface area contributed by atoms with Crippen molar-refractivity contribution in [2.24, 2.45) is 0 Å². The standard InChI is InChI=1S/C11H16F3N3O3/c1-7-15-10(20-16-7)9-4-8(18)5-17(9)2-3-19-6-11(12,13)14/h8-9,18H,2-6H2,1H3/t8-,9-/m1/s1. The van der Waals surface area contributed by atoms with Crippen molar-refractivity contribution in [2.45, 2.75) is 31.7 Å². The third-order valence-corrected chi connectivity index (χ3v) is 3.00. The fraction of sp³-hybridized carbons (Fsp3) is 0.818. The van der Waals surface area contributed by atoms with Crippen LogP contribution in [0.2, 0.25) is 0 Å². The second-order valence-corrected chi connectivity index (χ2v) is 4.75. The maximum atomic E-state index is 12.0. The molecule has 0 saturated carbocycles. The van der Waals surface area contributed by atoms with E-state index in [0.717, 1.165) is 0 Å². The highest BCUT2D eigenvalue weighted by molar-refractivity contribution is 4.98. The second-order valence-electron chi connectivity index (χ2n) is 4.75. The summed E-state index contributed by atoms with van der Waals surface area (Å²) in [4.78, 5) is 5.88. The SMILES string of the molecule is Cc1noc([C@H]2C[C@@H](O)CN2CCOCC(F)(F)F)n1. The van der Waals surface area contributed by atoms with Crippen molar-refractivity contribution in [3.63, 3.8) is 0 Å². The molecule has 0 radical (unpaired) electrons. The maximum absolute atomic E-state index is 12.0. The molecule has 2 atom stereocenters. The molecule has 1 fully saturated rings. The average Bonchev–Trinajstić information content (AvgIpc) is 2.90. The minimum absolute atomic E-state index is 0.0736. The first kappa shape index (κ1) is 15.2. The minimum atomic E-state index is -4.33. The van der Waals surface area contributed by atoms with Crippen molar-refractivity contribution in [3.05, 3.63) is 11.7 Å². The van der Waals surface area contributed by atoms with E-state index in [1.54, 1.807) is 11.8 Å². The molecule has 114 valence electrons. The number of aliphatic hydroxyl groups is 1. The van der Waals surface area contributed by atoms with E-state index in [1.165, 1.54) is 0 Å². The molecule has 6 nitrogen and oxygen atoms in total. The Kier molecular flexibility index (Phi) is 4.61. The Bertz CT molecular complexity index is 438. The molecule has 0 aliphatic carbocycles. The van der Waals surface area contributed by atoms with Crippen LogP contribution in [0.3, 0.4) is 0 Å². The molecule has 1 aromatic rings. The molecule has 20 heavy (non-hydrogen) atoms. The molecule has 0 unspecified atom stereocenters. The number of hydrogen-bond acceptors (Lipinski definition) is 6. The summed E-state index contributed by atoms with van der Waals surface area (Å²) in [6.07, 6.45) is -4.47. The van der Waals surface area contributed by atoms with E-state index in [-0.39, 0.29) is 19.2 Å². The van der Waals surface area contributed by atoms with E-state index in [4.69, 9.17) is 4.52 Å². The molecule has 1 aliphatic rings. The van der Waals surface area contributed by atoms with Crippen molar-refractivity contribution in [1.29, 1.82) is 0 Å². The molecule has 1 N–H and O–H groups in total. The largest absolute Gasteiger partial charge is 0.411 e. The third-order valence-electron chi connectivity index (χ3n) is 3.00. The van der Waals surface area contributed by atoms with E-state index in [9.17, 15) is 18.3 Å². The number of β-amino-alcohol motifs (C(OH)–C–C–N with tert-alkyl or cyclic N) is 1. The zero-order valence-electron chi connectivity index (χ0n) is 10.9. The summed E-state index contributed by atoms with van der Waals surface area (Å²) >= 11 is 0. The minimum Gasteiger partial charge on any atom is -0.392 e. The van der Waals surface area contributed by atoms with Gasteiger partial charge in [0.25, 0.3) is 0 Å². The average molecular weight is 295 g/mol. The summed E-state index contributed by atoms with van der Waals surface area (Å²) in [5.74, 6) is 0.851. The van der Waals surface area contributed by atoms with Gasteiger partial charge in [-0.15, -0.1) is 0 Å². The van der Waals surface area contributed by atoms with Crippen LogP contribution in [0.1, 0.15) is 24.2 Å². The summed E-state index contributed by atoms with van der Waals surface area (Å²) in [5, 5.41) is 13.3. The summed E-state index contributed by atoms with van der Waals surface area (Å²) in [6, 6.07) is -0.277. The summed E-state index contributed by atoms with van der Waals surface area (Å²) in [5.41, 5.74) is 0. The van der Waals surface area contributed by atoms with Gasteiger partial charge in [-0.05, 0) is 13.3 Å². The van der Waals surface area contributed by atoms with Gasteiger partial charge in [0.2, 0.25) is 5.89 Å². The van der Waals surface area contributed by atoms with Crippen molar-refractivity contribution < 1.29 is 27.5 Å². The van der Waals surface area contributed by atoms with E-state index >= 15 is 0 Å². The number of aromatic nitrogens is 2. The summed E-state index contributed by atoms with van der Waals surface area (Å²) < 4.78 is 45.5. The number of ether oxygens (including phenoxy) is 1. The Balaban J connectivity index is 1.86. The molecule has 0 aromatic carbocycles. The Morgan fingerprint density at radius 1 is 1.50 bits per heavy atom. The van der Waals surface area contributed by atoms with Crippen molar-refractivity contribution >= 4 is 0 Å². The molecule has 1 aliphatic heterocycles. The lowest BCUT2D eigenvalue weighted by Gasteiger charge is -2.21. The Morgan fingerprint density at radius 3 is 2.85 bits per heavy atom. The van der Waals surface area contributed by atoms with Crippen LogP contribution in [0, 0.1) is 6.92 Å². The predicted molar refractivity (Wildman–Crippen MR) is 60.8 cm³/mol. The lowest BCUT2D eigenvalue weighted by Crippen LogP contribution is -2.30. The number of likely N-dealkylation sites (tertiary alicyclic amines) is 1. The lowest BCUT2D eigenvalue weighted by molar-refractivity contribution is -0.174. The van der Waals surface area contributed by atoms with Crippen LogP contribution in [0.5, 0.6) is 0 Å². The molecule has 1 saturated heterocycles. The second kappa shape index (κ2) is 6.06. The number of alkyl halides is 3. The summed E-state index contributed by atoms with van der Waals surface area (Å²) in [6.45, 7) is 0.944. The van der Waals surface area contributed by atoms with Gasteiger partial charge in [0.1, 0.15) is 6.61 Å². The van der Waals surface area contributed by atoms with Crippen LogP contribution in [-0.2, 0) is 4.74 Å². The van der Waals surface area contributed by atoms with Crippen molar-refractivity contribution in [2.75, 3.05) is 26.3 Å². The van der Waals surface area contributed by atoms with Gasteiger partial charge in [0, 0.05) is 13.1 Å². The number of aliphatic hydroxyl groups excluding tert-OH is 1. The fourth-order valence-electron chi connectivity index (χ4n) is 2.20. The topological polar surface area (TPSA) is 71.6 Å². The van der Waals surface area contributed by atoms with Gasteiger partial charge in [0.05, 0.1) is 18.8 Å². The van der Waals surface area contributed by atoms with Crippen molar-refractivity contribution in [1.82, 2.24) is 15.0 Å².